The van der Waals surface area contributed by atoms with E-state index in [2.05, 4.69) is 5.32 Å². The quantitative estimate of drug-likeness (QED) is 0.689. The molecule has 14 heavy (non-hydrogen) atoms. The number of nitrogens with one attached hydrogen (secondary N) is 1. The first-order valence-corrected chi connectivity index (χ1v) is 4.21. The number of anilines is 1. The molecule has 0 aliphatic carbocycles. The lowest BCUT2D eigenvalue weighted by Crippen LogP contribution is -2.02. The highest BCUT2D eigenvalue weighted by Gasteiger charge is 2.22. The summed E-state index contributed by atoms with van der Waals surface area (Å²) < 4.78 is 13.3. The first-order valence-electron chi connectivity index (χ1n) is 4.21. The lowest BCUT2D eigenvalue weighted by molar-refractivity contribution is 0.101. The number of hydrogen-bond donors (Lipinski definition) is 1. The van der Waals surface area contributed by atoms with Crippen molar-refractivity contribution in [2.24, 2.45) is 0 Å². The summed E-state index contributed by atoms with van der Waals surface area (Å²) in [6.45, 7) is 1.45. The Morgan fingerprint density at radius 2 is 2.21 bits per heavy atom. The number of benzene rings is 1. The molecule has 0 unspecified atom stereocenters. The van der Waals surface area contributed by atoms with Crippen LogP contribution in [0.5, 0.6) is 0 Å². The molecular formula is C10H8FNO2. The van der Waals surface area contributed by atoms with E-state index in [1.807, 2.05) is 0 Å². The number of Topliss-reactive ketones (excluding diaryl/α,β-unsaturated/α-hetero) is 2. The van der Waals surface area contributed by atoms with Crippen LogP contribution in [0.3, 0.4) is 0 Å². The van der Waals surface area contributed by atoms with Gasteiger partial charge < -0.3 is 5.32 Å². The van der Waals surface area contributed by atoms with Gasteiger partial charge in [-0.3, -0.25) is 9.59 Å². The largest absolute Gasteiger partial charge is 0.377 e. The molecule has 0 saturated heterocycles. The van der Waals surface area contributed by atoms with Crippen LogP contribution in [0.2, 0.25) is 0 Å². The minimum Gasteiger partial charge on any atom is -0.377 e. The predicted molar refractivity (Wildman–Crippen MR) is 49.2 cm³/mol. The molecule has 1 aromatic carbocycles. The molecule has 0 radical (unpaired) electrons. The molecule has 4 heteroatoms. The van der Waals surface area contributed by atoms with Crippen molar-refractivity contribution in [2.45, 2.75) is 6.92 Å². The smallest absolute Gasteiger partial charge is 0.183 e. The van der Waals surface area contributed by atoms with Gasteiger partial charge in [-0.25, -0.2) is 4.39 Å². The Morgan fingerprint density at radius 1 is 1.50 bits per heavy atom. The van der Waals surface area contributed by atoms with Crippen molar-refractivity contribution in [2.75, 3.05) is 11.9 Å². The fourth-order valence-corrected chi connectivity index (χ4v) is 1.49. The van der Waals surface area contributed by atoms with E-state index >= 15 is 0 Å². The first kappa shape index (κ1) is 8.87. The second kappa shape index (κ2) is 2.90. The Balaban J connectivity index is 2.62. The SMILES string of the molecule is CC(=O)c1cc2c(cc1F)NCC2=O. The highest BCUT2D eigenvalue weighted by atomic mass is 19.1. The molecule has 1 aliphatic rings. The van der Waals surface area contributed by atoms with Gasteiger partial charge in [-0.15, -0.1) is 0 Å². The second-order valence-corrected chi connectivity index (χ2v) is 3.21. The highest BCUT2D eigenvalue weighted by molar-refractivity contribution is 6.09. The third-order valence-corrected chi connectivity index (χ3v) is 2.23. The van der Waals surface area contributed by atoms with Crippen LogP contribution >= 0.6 is 0 Å². The summed E-state index contributed by atoms with van der Waals surface area (Å²) in [5, 5.41) is 2.76. The molecule has 72 valence electrons. The molecule has 1 heterocycles. The number of halogens is 1. The minimum atomic E-state index is -0.585. The molecule has 1 aliphatic heterocycles. The predicted octanol–water partition coefficient (Wildman–Crippen LogP) is 1.64. The first-order chi connectivity index (χ1) is 6.59. The lowest BCUT2D eigenvalue weighted by atomic mass is 10.0. The molecule has 1 aromatic rings. The van der Waals surface area contributed by atoms with Crippen LogP contribution in [0.25, 0.3) is 0 Å². The summed E-state index contributed by atoms with van der Waals surface area (Å²) in [6, 6.07) is 2.51. The zero-order valence-corrected chi connectivity index (χ0v) is 7.56. The Hall–Kier alpha value is -1.71. The Bertz CT molecular complexity index is 439. The van der Waals surface area contributed by atoms with Crippen LogP contribution in [-0.4, -0.2) is 18.1 Å². The van der Waals surface area contributed by atoms with Crippen LogP contribution in [0.15, 0.2) is 12.1 Å². The summed E-state index contributed by atoms with van der Waals surface area (Å²) in [5.74, 6) is -1.06. The normalized spacial score (nSPS) is 13.7. The van der Waals surface area contributed by atoms with E-state index in [1.165, 1.54) is 19.1 Å². The van der Waals surface area contributed by atoms with Crippen molar-refractivity contribution < 1.29 is 14.0 Å². The zero-order chi connectivity index (χ0) is 10.3. The Kier molecular flexibility index (Phi) is 1.84. The van der Waals surface area contributed by atoms with Gasteiger partial charge in [0.25, 0.3) is 0 Å². The second-order valence-electron chi connectivity index (χ2n) is 3.21. The fraction of sp³-hybridized carbons (Fsp3) is 0.200. The molecule has 0 amide bonds. The summed E-state index contributed by atoms with van der Waals surface area (Å²) in [4.78, 5) is 22.3. The van der Waals surface area contributed by atoms with Crippen molar-refractivity contribution in [1.29, 1.82) is 0 Å². The maximum absolute atomic E-state index is 13.3. The monoisotopic (exact) mass is 193 g/mol. The van der Waals surface area contributed by atoms with Crippen molar-refractivity contribution in [3.63, 3.8) is 0 Å². The summed E-state index contributed by atoms with van der Waals surface area (Å²) >= 11 is 0. The molecule has 3 nitrogen and oxygen atoms in total. The summed E-state index contributed by atoms with van der Waals surface area (Å²) in [7, 11) is 0. The van der Waals surface area contributed by atoms with Gasteiger partial charge in [-0.1, -0.05) is 0 Å². The average Bonchev–Trinajstić information content (AvgIpc) is 2.46. The van der Waals surface area contributed by atoms with E-state index in [0.717, 1.165) is 0 Å². The topological polar surface area (TPSA) is 46.2 Å². The summed E-state index contributed by atoms with van der Waals surface area (Å²) in [5.41, 5.74) is 0.843. The van der Waals surface area contributed by atoms with E-state index < -0.39 is 5.82 Å². The minimum absolute atomic E-state index is 0.0270. The lowest BCUT2D eigenvalue weighted by Gasteiger charge is -2.02. The van der Waals surface area contributed by atoms with Crippen molar-refractivity contribution in [3.8, 4) is 0 Å². The molecule has 0 fully saturated rings. The number of carbonyl (C=O) groups excluding carboxylic acids is 2. The molecule has 0 saturated carbocycles. The van der Waals surface area contributed by atoms with Gasteiger partial charge in [-0.2, -0.15) is 0 Å². The highest BCUT2D eigenvalue weighted by Crippen LogP contribution is 2.25. The Morgan fingerprint density at radius 3 is 2.86 bits per heavy atom. The van der Waals surface area contributed by atoms with E-state index in [-0.39, 0.29) is 23.7 Å². The molecular weight excluding hydrogens is 185 g/mol. The molecule has 0 bridgehead atoms. The maximum Gasteiger partial charge on any atom is 0.183 e. The van der Waals surface area contributed by atoms with Crippen LogP contribution in [0, 0.1) is 5.82 Å². The van der Waals surface area contributed by atoms with Gasteiger partial charge in [0.2, 0.25) is 0 Å². The maximum atomic E-state index is 13.3. The van der Waals surface area contributed by atoms with Crippen molar-refractivity contribution in [3.05, 3.63) is 29.1 Å². The zero-order valence-electron chi connectivity index (χ0n) is 7.56. The van der Waals surface area contributed by atoms with E-state index in [9.17, 15) is 14.0 Å². The Labute approximate surface area is 79.9 Å². The van der Waals surface area contributed by atoms with E-state index in [0.29, 0.717) is 11.3 Å². The number of hydrogen-bond acceptors (Lipinski definition) is 3. The van der Waals surface area contributed by atoms with Crippen LogP contribution in [0.1, 0.15) is 27.6 Å². The summed E-state index contributed by atoms with van der Waals surface area (Å²) in [6.07, 6.45) is 0. The molecule has 1 N–H and O–H groups in total. The van der Waals surface area contributed by atoms with Crippen molar-refractivity contribution >= 4 is 17.3 Å². The fourth-order valence-electron chi connectivity index (χ4n) is 1.49. The van der Waals surface area contributed by atoms with Gasteiger partial charge >= 0.3 is 0 Å². The van der Waals surface area contributed by atoms with Gasteiger partial charge in [-0.05, 0) is 19.1 Å². The van der Waals surface area contributed by atoms with Crippen molar-refractivity contribution in [1.82, 2.24) is 0 Å². The van der Waals surface area contributed by atoms with Gasteiger partial charge in [0.15, 0.2) is 11.6 Å². The van der Waals surface area contributed by atoms with Gasteiger partial charge in [0, 0.05) is 11.3 Å². The standard InChI is InChI=1S/C10H8FNO2/c1-5(13)6-2-7-9(3-8(6)11)12-4-10(7)14/h2-3,12H,4H2,1H3. The third kappa shape index (κ3) is 1.19. The molecule has 0 spiro atoms. The number of ketones is 2. The van der Waals surface area contributed by atoms with Crippen LogP contribution < -0.4 is 5.32 Å². The van der Waals surface area contributed by atoms with Crippen LogP contribution in [0.4, 0.5) is 10.1 Å². The van der Waals surface area contributed by atoms with Crippen LogP contribution in [-0.2, 0) is 0 Å². The average molecular weight is 193 g/mol. The molecule has 0 aromatic heterocycles. The number of carbonyl (C=O) groups is 2. The van der Waals surface area contributed by atoms with Gasteiger partial charge in [0.05, 0.1) is 12.1 Å². The molecule has 2 rings (SSSR count). The van der Waals surface area contributed by atoms with E-state index in [4.69, 9.17) is 0 Å². The number of rotatable bonds is 1. The van der Waals surface area contributed by atoms with Gasteiger partial charge in [0.1, 0.15) is 5.82 Å². The molecule has 0 atom stereocenters. The van der Waals surface area contributed by atoms with E-state index in [1.54, 1.807) is 0 Å². The third-order valence-electron chi connectivity index (χ3n) is 2.23. The number of fused-ring (bicyclic) bond motifs is 1.